The fourth-order valence-electron chi connectivity index (χ4n) is 3.60. The number of amides is 1. The molecule has 5 rings (SSSR count). The van der Waals surface area contributed by atoms with Crippen molar-refractivity contribution in [2.75, 3.05) is 18.0 Å². The first-order chi connectivity index (χ1) is 14.2. The molecule has 4 heterocycles. The van der Waals surface area contributed by atoms with Crippen LogP contribution in [0.4, 0.5) is 5.82 Å². The number of halogens is 1. The number of hydrogen-bond acceptors (Lipinski definition) is 5. The maximum absolute atomic E-state index is 12.6. The summed E-state index contributed by atoms with van der Waals surface area (Å²) in [6.07, 6.45) is 8.08. The average Bonchev–Trinajstić information content (AvgIpc) is 3.48. The minimum Gasteiger partial charge on any atom is -0.353 e. The molecule has 1 atom stereocenters. The first-order valence-electron chi connectivity index (χ1n) is 9.32. The molecule has 0 radical (unpaired) electrons. The summed E-state index contributed by atoms with van der Waals surface area (Å²) in [5.74, 6) is 0.794. The summed E-state index contributed by atoms with van der Waals surface area (Å²) >= 11 is 5.91. The molecule has 4 aromatic rings. The highest BCUT2D eigenvalue weighted by molar-refractivity contribution is 6.30. The van der Waals surface area contributed by atoms with E-state index in [4.69, 9.17) is 11.6 Å². The van der Waals surface area contributed by atoms with Crippen LogP contribution in [0.3, 0.4) is 0 Å². The molecule has 146 valence electrons. The molecular formula is C20H18ClN7O. The van der Waals surface area contributed by atoms with E-state index in [0.29, 0.717) is 11.6 Å². The highest BCUT2D eigenvalue weighted by atomic mass is 35.5. The Bertz CT molecular complexity index is 1170. The number of fused-ring (bicyclic) bond motifs is 1. The van der Waals surface area contributed by atoms with Crippen molar-refractivity contribution < 1.29 is 4.79 Å². The third-order valence-electron chi connectivity index (χ3n) is 5.04. The highest BCUT2D eigenvalue weighted by Crippen LogP contribution is 2.23. The zero-order valence-electron chi connectivity index (χ0n) is 15.4. The van der Waals surface area contributed by atoms with Crippen molar-refractivity contribution in [3.63, 3.8) is 0 Å². The average molecular weight is 408 g/mol. The van der Waals surface area contributed by atoms with E-state index in [2.05, 4.69) is 25.3 Å². The van der Waals surface area contributed by atoms with E-state index in [1.54, 1.807) is 23.0 Å². The van der Waals surface area contributed by atoms with Gasteiger partial charge in [0, 0.05) is 42.7 Å². The number of aromatic nitrogens is 5. The number of carbonyl (C=O) groups is 1. The van der Waals surface area contributed by atoms with Gasteiger partial charge in [0.25, 0.3) is 5.91 Å². The van der Waals surface area contributed by atoms with E-state index in [1.165, 1.54) is 6.33 Å². The van der Waals surface area contributed by atoms with E-state index in [-0.39, 0.29) is 17.8 Å². The summed E-state index contributed by atoms with van der Waals surface area (Å²) in [5, 5.41) is 7.96. The van der Waals surface area contributed by atoms with Crippen molar-refractivity contribution in [2.24, 2.45) is 0 Å². The van der Waals surface area contributed by atoms with Gasteiger partial charge in [0.15, 0.2) is 5.82 Å². The molecule has 1 N–H and O–H groups in total. The van der Waals surface area contributed by atoms with Crippen molar-refractivity contribution in [2.45, 2.75) is 12.5 Å². The fourth-order valence-corrected chi connectivity index (χ4v) is 3.73. The monoisotopic (exact) mass is 407 g/mol. The van der Waals surface area contributed by atoms with Crippen molar-refractivity contribution in [3.8, 4) is 5.69 Å². The maximum Gasteiger partial charge on any atom is 0.291 e. The number of anilines is 1. The summed E-state index contributed by atoms with van der Waals surface area (Å²) in [6, 6.07) is 11.2. The van der Waals surface area contributed by atoms with Crippen LogP contribution in [0, 0.1) is 0 Å². The van der Waals surface area contributed by atoms with Gasteiger partial charge in [0.2, 0.25) is 5.82 Å². The normalized spacial score (nSPS) is 16.4. The molecule has 1 saturated heterocycles. The van der Waals surface area contributed by atoms with Crippen LogP contribution in [0.2, 0.25) is 5.02 Å². The van der Waals surface area contributed by atoms with E-state index < -0.39 is 0 Å². The Balaban J connectivity index is 1.26. The van der Waals surface area contributed by atoms with Crippen LogP contribution in [0.5, 0.6) is 0 Å². The van der Waals surface area contributed by atoms with Crippen LogP contribution in [-0.2, 0) is 0 Å². The standard InChI is InChI=1S/C20H18ClN7O/c21-14-3-5-16(6-4-14)28-13-23-18(25-28)20(29)24-15-7-10-27(12-15)19-17-2-1-9-26(17)11-8-22-19/h1-6,8-9,11,13,15H,7,10,12H2,(H,24,29)/t15-/m0/s1. The van der Waals surface area contributed by atoms with Gasteiger partial charge in [-0.1, -0.05) is 11.6 Å². The lowest BCUT2D eigenvalue weighted by molar-refractivity contribution is 0.0930. The van der Waals surface area contributed by atoms with Crippen molar-refractivity contribution in [1.82, 2.24) is 29.5 Å². The topological polar surface area (TPSA) is 80.4 Å². The Kier molecular flexibility index (Phi) is 4.40. The number of hydrogen-bond donors (Lipinski definition) is 1. The van der Waals surface area contributed by atoms with Crippen LogP contribution < -0.4 is 10.2 Å². The maximum atomic E-state index is 12.6. The largest absolute Gasteiger partial charge is 0.353 e. The Labute approximate surface area is 171 Å². The van der Waals surface area contributed by atoms with E-state index in [9.17, 15) is 4.79 Å². The Hall–Kier alpha value is -3.39. The van der Waals surface area contributed by atoms with Gasteiger partial charge in [-0.2, -0.15) is 0 Å². The predicted octanol–water partition coefficient (Wildman–Crippen LogP) is 2.58. The highest BCUT2D eigenvalue weighted by Gasteiger charge is 2.27. The van der Waals surface area contributed by atoms with Gasteiger partial charge in [-0.15, -0.1) is 5.10 Å². The lowest BCUT2D eigenvalue weighted by atomic mass is 10.2. The number of nitrogens with zero attached hydrogens (tertiary/aromatic N) is 6. The number of benzene rings is 1. The van der Waals surface area contributed by atoms with Crippen LogP contribution in [0.1, 0.15) is 17.0 Å². The van der Waals surface area contributed by atoms with Gasteiger partial charge in [-0.3, -0.25) is 4.79 Å². The van der Waals surface area contributed by atoms with Gasteiger partial charge in [0.1, 0.15) is 6.33 Å². The molecule has 8 nitrogen and oxygen atoms in total. The Morgan fingerprint density at radius 3 is 2.86 bits per heavy atom. The Morgan fingerprint density at radius 2 is 2.00 bits per heavy atom. The molecule has 0 saturated carbocycles. The van der Waals surface area contributed by atoms with Gasteiger partial charge in [-0.25, -0.2) is 14.6 Å². The lowest BCUT2D eigenvalue weighted by Crippen LogP contribution is -2.37. The molecular weight excluding hydrogens is 390 g/mol. The molecule has 0 unspecified atom stereocenters. The minimum absolute atomic E-state index is 0.0157. The van der Waals surface area contributed by atoms with Crippen molar-refractivity contribution >= 4 is 28.8 Å². The minimum atomic E-state index is -0.279. The molecule has 29 heavy (non-hydrogen) atoms. The number of nitrogens with one attached hydrogen (secondary N) is 1. The van der Waals surface area contributed by atoms with Crippen LogP contribution >= 0.6 is 11.6 Å². The fraction of sp³-hybridized carbons (Fsp3) is 0.200. The number of carbonyl (C=O) groups excluding carboxylic acids is 1. The van der Waals surface area contributed by atoms with Gasteiger partial charge in [0.05, 0.1) is 11.2 Å². The second-order valence-corrected chi connectivity index (χ2v) is 7.38. The smallest absolute Gasteiger partial charge is 0.291 e. The second kappa shape index (κ2) is 7.21. The molecule has 1 aromatic carbocycles. The summed E-state index contributed by atoms with van der Waals surface area (Å²) in [5.41, 5.74) is 1.85. The predicted molar refractivity (Wildman–Crippen MR) is 110 cm³/mol. The SMILES string of the molecule is O=C(N[C@H]1CCN(c2nccn3cccc23)C1)c1ncn(-c2ccc(Cl)cc2)n1. The third kappa shape index (κ3) is 3.42. The molecule has 1 fully saturated rings. The summed E-state index contributed by atoms with van der Waals surface area (Å²) in [7, 11) is 0. The lowest BCUT2D eigenvalue weighted by Gasteiger charge is -2.18. The Morgan fingerprint density at radius 1 is 1.14 bits per heavy atom. The molecule has 0 spiro atoms. The molecule has 3 aromatic heterocycles. The van der Waals surface area contributed by atoms with Crippen LogP contribution in [0.25, 0.3) is 11.2 Å². The molecule has 0 bridgehead atoms. The summed E-state index contributed by atoms with van der Waals surface area (Å²) < 4.78 is 3.60. The zero-order chi connectivity index (χ0) is 19.8. The molecule has 1 amide bonds. The van der Waals surface area contributed by atoms with Crippen molar-refractivity contribution in [1.29, 1.82) is 0 Å². The van der Waals surface area contributed by atoms with E-state index in [0.717, 1.165) is 30.0 Å². The number of rotatable bonds is 4. The third-order valence-corrected chi connectivity index (χ3v) is 5.29. The van der Waals surface area contributed by atoms with Crippen LogP contribution in [0.15, 0.2) is 61.3 Å². The van der Waals surface area contributed by atoms with E-state index >= 15 is 0 Å². The molecule has 1 aliphatic heterocycles. The molecule has 0 aliphatic carbocycles. The van der Waals surface area contributed by atoms with Gasteiger partial charge >= 0.3 is 0 Å². The van der Waals surface area contributed by atoms with Gasteiger partial charge in [-0.05, 0) is 42.8 Å². The van der Waals surface area contributed by atoms with Gasteiger partial charge < -0.3 is 14.6 Å². The van der Waals surface area contributed by atoms with E-state index in [1.807, 2.05) is 41.1 Å². The quantitative estimate of drug-likeness (QED) is 0.562. The first-order valence-corrected chi connectivity index (χ1v) is 9.70. The molecule has 1 aliphatic rings. The first kappa shape index (κ1) is 17.7. The van der Waals surface area contributed by atoms with Crippen molar-refractivity contribution in [3.05, 3.63) is 72.2 Å². The summed E-state index contributed by atoms with van der Waals surface area (Å²) in [6.45, 7) is 1.52. The van der Waals surface area contributed by atoms with Crippen LogP contribution in [-0.4, -0.2) is 49.2 Å². The summed E-state index contributed by atoms with van der Waals surface area (Å²) in [4.78, 5) is 23.5. The zero-order valence-corrected chi connectivity index (χ0v) is 16.2. The second-order valence-electron chi connectivity index (χ2n) is 6.95. The molecule has 9 heteroatoms.